The molecule has 3 N–H and O–H groups in total. The second-order valence-corrected chi connectivity index (χ2v) is 5.51. The van der Waals surface area contributed by atoms with Crippen LogP contribution in [0, 0.1) is 6.92 Å². The Labute approximate surface area is 107 Å². The first-order chi connectivity index (χ1) is 8.57. The van der Waals surface area contributed by atoms with Gasteiger partial charge in [0.05, 0.1) is 11.0 Å². The molecule has 1 aromatic carbocycles. The molecule has 0 atom stereocenters. The van der Waals surface area contributed by atoms with Crippen molar-refractivity contribution in [1.29, 1.82) is 0 Å². The van der Waals surface area contributed by atoms with Crippen LogP contribution in [0.3, 0.4) is 0 Å². The van der Waals surface area contributed by atoms with Crippen LogP contribution in [-0.4, -0.2) is 21.6 Å². The van der Waals surface area contributed by atoms with Gasteiger partial charge in [-0.25, -0.2) is 4.98 Å². The molecule has 0 amide bonds. The zero-order valence-electron chi connectivity index (χ0n) is 11.0. The van der Waals surface area contributed by atoms with Crippen LogP contribution in [0.2, 0.25) is 0 Å². The van der Waals surface area contributed by atoms with Gasteiger partial charge >= 0.3 is 0 Å². The Morgan fingerprint density at radius 1 is 1.44 bits per heavy atom. The number of aromatic nitrogens is 2. The molecule has 0 saturated heterocycles. The molecule has 4 heteroatoms. The quantitative estimate of drug-likeness (QED) is 0.856. The number of fused-ring (bicyclic) bond motifs is 1. The van der Waals surface area contributed by atoms with Gasteiger partial charge in [0.2, 0.25) is 0 Å². The van der Waals surface area contributed by atoms with Crippen molar-refractivity contribution >= 4 is 11.0 Å². The van der Waals surface area contributed by atoms with Crippen LogP contribution < -0.4 is 11.1 Å². The Morgan fingerprint density at radius 3 is 2.94 bits per heavy atom. The Hall–Kier alpha value is -1.39. The predicted molar refractivity (Wildman–Crippen MR) is 73.3 cm³/mol. The Kier molecular flexibility index (Phi) is 2.64. The molecule has 0 spiro atoms. The van der Waals surface area contributed by atoms with E-state index in [1.165, 1.54) is 11.1 Å². The van der Waals surface area contributed by atoms with Gasteiger partial charge in [-0.05, 0) is 37.5 Å². The lowest BCUT2D eigenvalue weighted by molar-refractivity contribution is 0.569. The van der Waals surface area contributed by atoms with Crippen LogP contribution in [-0.2, 0) is 13.6 Å². The van der Waals surface area contributed by atoms with Gasteiger partial charge in [0.25, 0.3) is 0 Å². The van der Waals surface area contributed by atoms with Crippen molar-refractivity contribution in [2.75, 3.05) is 6.54 Å². The minimum absolute atomic E-state index is 0.0751. The van der Waals surface area contributed by atoms with E-state index in [-0.39, 0.29) is 5.54 Å². The summed E-state index contributed by atoms with van der Waals surface area (Å²) in [5, 5.41) is 3.43. The molecule has 2 aromatic rings. The van der Waals surface area contributed by atoms with Gasteiger partial charge in [0.1, 0.15) is 5.82 Å². The molecule has 18 heavy (non-hydrogen) atoms. The highest BCUT2D eigenvalue weighted by molar-refractivity contribution is 5.76. The lowest BCUT2D eigenvalue weighted by atomic mass is 10.2. The minimum atomic E-state index is 0.0751. The summed E-state index contributed by atoms with van der Waals surface area (Å²) < 4.78 is 2.12. The first kappa shape index (κ1) is 11.7. The molecule has 96 valence electrons. The molecule has 1 aliphatic rings. The molecule has 0 bridgehead atoms. The van der Waals surface area contributed by atoms with E-state index in [1.807, 2.05) is 14.0 Å². The van der Waals surface area contributed by atoms with Crippen molar-refractivity contribution in [2.45, 2.75) is 31.8 Å². The van der Waals surface area contributed by atoms with Crippen molar-refractivity contribution in [3.63, 3.8) is 0 Å². The van der Waals surface area contributed by atoms with Crippen molar-refractivity contribution in [3.8, 4) is 0 Å². The molecule has 1 heterocycles. The summed E-state index contributed by atoms with van der Waals surface area (Å²) in [5.41, 5.74) is 9.65. The zero-order chi connectivity index (χ0) is 12.8. The molecule has 0 aliphatic heterocycles. The van der Waals surface area contributed by atoms with Gasteiger partial charge in [-0.2, -0.15) is 0 Å². The minimum Gasteiger partial charge on any atom is -0.331 e. The van der Waals surface area contributed by atoms with Crippen molar-refractivity contribution in [2.24, 2.45) is 12.8 Å². The van der Waals surface area contributed by atoms with E-state index in [1.54, 1.807) is 0 Å². The summed E-state index contributed by atoms with van der Waals surface area (Å²) in [4.78, 5) is 4.55. The molecule has 0 unspecified atom stereocenters. The standard InChI is InChI=1S/C14H20N4/c1-10-17-12-7-11(3-4-13(12)18(10)2)8-16-9-14(15)5-6-14/h3-4,7,16H,5-6,8-9,15H2,1-2H3. The number of benzene rings is 1. The van der Waals surface area contributed by atoms with Crippen LogP contribution in [0.25, 0.3) is 11.0 Å². The highest BCUT2D eigenvalue weighted by Gasteiger charge is 2.37. The van der Waals surface area contributed by atoms with E-state index in [0.29, 0.717) is 0 Å². The smallest absolute Gasteiger partial charge is 0.106 e. The average molecular weight is 244 g/mol. The summed E-state index contributed by atoms with van der Waals surface area (Å²) in [7, 11) is 2.05. The highest BCUT2D eigenvalue weighted by Crippen LogP contribution is 2.31. The first-order valence-electron chi connectivity index (χ1n) is 6.49. The maximum atomic E-state index is 6.05. The molecule has 1 saturated carbocycles. The summed E-state index contributed by atoms with van der Waals surface area (Å²) in [5.74, 6) is 1.05. The number of nitrogens with one attached hydrogen (secondary N) is 1. The molecular formula is C14H20N4. The molecule has 3 rings (SSSR count). The van der Waals surface area contributed by atoms with Gasteiger partial charge in [-0.1, -0.05) is 6.07 Å². The summed E-state index contributed by atoms with van der Waals surface area (Å²) in [6.45, 7) is 3.81. The van der Waals surface area contributed by atoms with Crippen LogP contribution in [0.1, 0.15) is 24.2 Å². The topological polar surface area (TPSA) is 55.9 Å². The van der Waals surface area contributed by atoms with E-state index in [0.717, 1.165) is 37.3 Å². The predicted octanol–water partition coefficient (Wildman–Crippen LogP) is 1.46. The Bertz CT molecular complexity index is 581. The summed E-state index contributed by atoms with van der Waals surface area (Å²) in [6, 6.07) is 6.46. The number of imidazole rings is 1. The van der Waals surface area contributed by atoms with E-state index in [9.17, 15) is 0 Å². The van der Waals surface area contributed by atoms with E-state index in [4.69, 9.17) is 5.73 Å². The third-order valence-corrected chi connectivity index (χ3v) is 3.87. The zero-order valence-corrected chi connectivity index (χ0v) is 11.0. The SMILES string of the molecule is Cc1nc2cc(CNCC3(N)CC3)ccc2n1C. The monoisotopic (exact) mass is 244 g/mol. The van der Waals surface area contributed by atoms with Crippen LogP contribution in [0.5, 0.6) is 0 Å². The summed E-state index contributed by atoms with van der Waals surface area (Å²) in [6.07, 6.45) is 2.30. The molecule has 1 aromatic heterocycles. The van der Waals surface area contributed by atoms with Crippen molar-refractivity contribution in [3.05, 3.63) is 29.6 Å². The second-order valence-electron chi connectivity index (χ2n) is 5.51. The van der Waals surface area contributed by atoms with Crippen molar-refractivity contribution < 1.29 is 0 Å². The van der Waals surface area contributed by atoms with E-state index in [2.05, 4.69) is 33.1 Å². The van der Waals surface area contributed by atoms with Gasteiger partial charge in [-0.3, -0.25) is 0 Å². The van der Waals surface area contributed by atoms with Gasteiger partial charge < -0.3 is 15.6 Å². The van der Waals surface area contributed by atoms with E-state index < -0.39 is 0 Å². The molecular weight excluding hydrogens is 224 g/mol. The fourth-order valence-corrected chi connectivity index (χ4v) is 2.27. The average Bonchev–Trinajstić information content (AvgIpc) is 2.99. The van der Waals surface area contributed by atoms with Crippen LogP contribution in [0.4, 0.5) is 0 Å². The van der Waals surface area contributed by atoms with Crippen LogP contribution in [0.15, 0.2) is 18.2 Å². The number of aryl methyl sites for hydroxylation is 2. The van der Waals surface area contributed by atoms with Gasteiger partial charge in [0, 0.05) is 25.7 Å². The first-order valence-corrected chi connectivity index (χ1v) is 6.49. The van der Waals surface area contributed by atoms with E-state index >= 15 is 0 Å². The largest absolute Gasteiger partial charge is 0.331 e. The number of rotatable bonds is 4. The van der Waals surface area contributed by atoms with Crippen LogP contribution >= 0.6 is 0 Å². The molecule has 0 radical (unpaired) electrons. The normalized spacial score (nSPS) is 17.3. The maximum absolute atomic E-state index is 6.05. The summed E-state index contributed by atoms with van der Waals surface area (Å²) >= 11 is 0. The lowest BCUT2D eigenvalue weighted by Gasteiger charge is -2.10. The lowest BCUT2D eigenvalue weighted by Crippen LogP contribution is -2.35. The Morgan fingerprint density at radius 2 is 2.22 bits per heavy atom. The number of hydrogen-bond acceptors (Lipinski definition) is 3. The molecule has 4 nitrogen and oxygen atoms in total. The highest BCUT2D eigenvalue weighted by atomic mass is 15.0. The third kappa shape index (κ3) is 2.13. The van der Waals surface area contributed by atoms with Crippen molar-refractivity contribution in [1.82, 2.24) is 14.9 Å². The number of nitrogens with zero attached hydrogens (tertiary/aromatic N) is 2. The fraction of sp³-hybridized carbons (Fsp3) is 0.500. The number of hydrogen-bond donors (Lipinski definition) is 2. The van der Waals surface area contributed by atoms with Gasteiger partial charge in [-0.15, -0.1) is 0 Å². The molecule has 1 aliphatic carbocycles. The van der Waals surface area contributed by atoms with Gasteiger partial charge in [0.15, 0.2) is 0 Å². The third-order valence-electron chi connectivity index (χ3n) is 3.87. The second kappa shape index (κ2) is 4.07. The Balaban J connectivity index is 1.72. The fourth-order valence-electron chi connectivity index (χ4n) is 2.27. The molecule has 1 fully saturated rings. The maximum Gasteiger partial charge on any atom is 0.106 e. The number of nitrogens with two attached hydrogens (primary N) is 1.